The van der Waals surface area contributed by atoms with Crippen LogP contribution in [-0.2, 0) is 10.4 Å². The lowest BCUT2D eigenvalue weighted by molar-refractivity contribution is -0.125. The maximum absolute atomic E-state index is 12.2. The lowest BCUT2D eigenvalue weighted by atomic mass is 10.1. The molecule has 0 aliphatic carbocycles. The molecule has 0 radical (unpaired) electrons. The second-order valence-electron chi connectivity index (χ2n) is 5.52. The van der Waals surface area contributed by atoms with Crippen LogP contribution in [0.1, 0.15) is 36.2 Å². The third-order valence-electron chi connectivity index (χ3n) is 3.45. The minimum Gasteiger partial charge on any atom is -0.383 e. The van der Waals surface area contributed by atoms with Crippen LogP contribution in [0.25, 0.3) is 0 Å². The molecule has 2 aromatic heterocycles. The first-order chi connectivity index (χ1) is 9.81. The van der Waals surface area contributed by atoms with Crippen LogP contribution in [0.4, 0.5) is 0 Å². The number of carbonyl (C=O) groups excluding carboxylic acids is 1. The highest BCUT2D eigenvalue weighted by Gasteiger charge is 2.26. The van der Waals surface area contributed by atoms with E-state index in [4.69, 9.17) is 0 Å². The summed E-state index contributed by atoms with van der Waals surface area (Å²) in [5.74, 6) is -0.155. The van der Waals surface area contributed by atoms with Crippen molar-refractivity contribution in [3.05, 3.63) is 39.8 Å². The van der Waals surface area contributed by atoms with Crippen molar-refractivity contribution in [2.24, 2.45) is 0 Å². The first kappa shape index (κ1) is 15.7. The zero-order valence-corrected chi connectivity index (χ0v) is 13.6. The van der Waals surface area contributed by atoms with Gasteiger partial charge in [-0.3, -0.25) is 9.48 Å². The van der Waals surface area contributed by atoms with Crippen LogP contribution in [0, 0.1) is 13.8 Å². The number of thiophene rings is 1. The number of amides is 1. The first-order valence-corrected chi connectivity index (χ1v) is 7.76. The van der Waals surface area contributed by atoms with Gasteiger partial charge < -0.3 is 10.4 Å². The van der Waals surface area contributed by atoms with E-state index in [-0.39, 0.29) is 12.5 Å². The average Bonchev–Trinajstić information content (AvgIpc) is 3.05. The second kappa shape index (κ2) is 5.99. The number of aryl methyl sites for hydroxylation is 2. The molecule has 1 amide bonds. The molecule has 0 saturated heterocycles. The van der Waals surface area contributed by atoms with Gasteiger partial charge >= 0.3 is 0 Å². The van der Waals surface area contributed by atoms with Gasteiger partial charge in [0.05, 0.1) is 12.2 Å². The minimum absolute atomic E-state index is 0.155. The SMILES string of the molecule is Cc1cc(C)n(C(C)C(=O)NCC(C)(O)c2cccs2)n1. The molecule has 2 aromatic rings. The Bertz CT molecular complexity index is 617. The molecule has 2 atom stereocenters. The molecule has 6 heteroatoms. The number of carbonyl (C=O) groups is 1. The summed E-state index contributed by atoms with van der Waals surface area (Å²) in [6, 6.07) is 5.28. The fraction of sp³-hybridized carbons (Fsp3) is 0.467. The predicted molar refractivity (Wildman–Crippen MR) is 83.3 cm³/mol. The molecule has 2 N–H and O–H groups in total. The third kappa shape index (κ3) is 3.51. The summed E-state index contributed by atoms with van der Waals surface area (Å²) in [5, 5.41) is 19.4. The van der Waals surface area contributed by atoms with E-state index in [1.165, 1.54) is 11.3 Å². The van der Waals surface area contributed by atoms with Gasteiger partial charge in [-0.05, 0) is 45.2 Å². The first-order valence-electron chi connectivity index (χ1n) is 6.88. The maximum Gasteiger partial charge on any atom is 0.244 e. The van der Waals surface area contributed by atoms with Gasteiger partial charge in [-0.2, -0.15) is 5.10 Å². The largest absolute Gasteiger partial charge is 0.383 e. The molecular weight excluding hydrogens is 286 g/mol. The summed E-state index contributed by atoms with van der Waals surface area (Å²) in [5.41, 5.74) is 0.774. The Labute approximate surface area is 128 Å². The van der Waals surface area contributed by atoms with Crippen molar-refractivity contribution in [1.29, 1.82) is 0 Å². The third-order valence-corrected chi connectivity index (χ3v) is 4.57. The van der Waals surface area contributed by atoms with Crippen LogP contribution in [-0.4, -0.2) is 27.3 Å². The van der Waals surface area contributed by atoms with Crippen molar-refractivity contribution in [3.63, 3.8) is 0 Å². The van der Waals surface area contributed by atoms with E-state index in [1.807, 2.05) is 37.4 Å². The summed E-state index contributed by atoms with van der Waals surface area (Å²) in [4.78, 5) is 13.1. The molecule has 21 heavy (non-hydrogen) atoms. The van der Waals surface area contributed by atoms with E-state index >= 15 is 0 Å². The van der Waals surface area contributed by atoms with E-state index in [1.54, 1.807) is 18.5 Å². The van der Waals surface area contributed by atoms with Gasteiger partial charge in [0.2, 0.25) is 5.91 Å². The van der Waals surface area contributed by atoms with Crippen LogP contribution in [0.15, 0.2) is 23.6 Å². The molecule has 0 bridgehead atoms. The zero-order chi connectivity index (χ0) is 15.6. The molecule has 0 saturated carbocycles. The van der Waals surface area contributed by atoms with Crippen LogP contribution < -0.4 is 5.32 Å². The van der Waals surface area contributed by atoms with Gasteiger partial charge in [0.1, 0.15) is 11.6 Å². The number of rotatable bonds is 5. The molecular formula is C15H21N3O2S. The highest BCUT2D eigenvalue weighted by atomic mass is 32.1. The van der Waals surface area contributed by atoms with Crippen molar-refractivity contribution in [2.45, 2.75) is 39.3 Å². The minimum atomic E-state index is -1.06. The Morgan fingerprint density at radius 3 is 2.81 bits per heavy atom. The van der Waals surface area contributed by atoms with E-state index in [2.05, 4.69) is 10.4 Å². The summed E-state index contributed by atoms with van der Waals surface area (Å²) in [6.45, 7) is 7.50. The summed E-state index contributed by atoms with van der Waals surface area (Å²) < 4.78 is 1.70. The summed E-state index contributed by atoms with van der Waals surface area (Å²) in [6.07, 6.45) is 0. The number of nitrogens with one attached hydrogen (secondary N) is 1. The van der Waals surface area contributed by atoms with Crippen LogP contribution in [0.2, 0.25) is 0 Å². The van der Waals surface area contributed by atoms with E-state index in [9.17, 15) is 9.90 Å². The Hall–Kier alpha value is -1.66. The quantitative estimate of drug-likeness (QED) is 0.889. The fourth-order valence-corrected chi connectivity index (χ4v) is 3.02. The molecule has 2 rings (SSSR count). The lowest BCUT2D eigenvalue weighted by Gasteiger charge is -2.23. The highest BCUT2D eigenvalue weighted by Crippen LogP contribution is 2.24. The Morgan fingerprint density at radius 1 is 1.57 bits per heavy atom. The molecule has 5 nitrogen and oxygen atoms in total. The molecule has 0 aliphatic rings. The normalized spacial score (nSPS) is 15.5. The molecule has 2 heterocycles. The lowest BCUT2D eigenvalue weighted by Crippen LogP contribution is -2.41. The fourth-order valence-electron chi connectivity index (χ4n) is 2.23. The van der Waals surface area contributed by atoms with Crippen molar-refractivity contribution < 1.29 is 9.90 Å². The summed E-state index contributed by atoms with van der Waals surface area (Å²) in [7, 11) is 0. The van der Waals surface area contributed by atoms with E-state index in [0.717, 1.165) is 16.3 Å². The van der Waals surface area contributed by atoms with Crippen molar-refractivity contribution in [3.8, 4) is 0 Å². The van der Waals surface area contributed by atoms with Crippen molar-refractivity contribution in [2.75, 3.05) is 6.54 Å². The zero-order valence-electron chi connectivity index (χ0n) is 12.8. The van der Waals surface area contributed by atoms with Crippen LogP contribution in [0.5, 0.6) is 0 Å². The molecule has 0 aliphatic heterocycles. The predicted octanol–water partition coefficient (Wildman–Crippen LogP) is 2.15. The van der Waals surface area contributed by atoms with E-state index < -0.39 is 11.6 Å². The molecule has 0 fully saturated rings. The van der Waals surface area contributed by atoms with Crippen LogP contribution in [0.3, 0.4) is 0 Å². The number of nitrogens with zero attached hydrogens (tertiary/aromatic N) is 2. The Kier molecular flexibility index (Phi) is 4.49. The standard InChI is InChI=1S/C15H21N3O2S/c1-10-8-11(2)18(17-10)12(3)14(19)16-9-15(4,20)13-6-5-7-21-13/h5-8,12,20H,9H2,1-4H3,(H,16,19). The van der Waals surface area contributed by atoms with Gasteiger partial charge in [0.15, 0.2) is 0 Å². The van der Waals surface area contributed by atoms with Gasteiger partial charge in [-0.15, -0.1) is 11.3 Å². The van der Waals surface area contributed by atoms with Crippen molar-refractivity contribution >= 4 is 17.2 Å². The molecule has 0 spiro atoms. The van der Waals surface area contributed by atoms with E-state index in [0.29, 0.717) is 0 Å². The number of hydrogen-bond donors (Lipinski definition) is 2. The highest BCUT2D eigenvalue weighted by molar-refractivity contribution is 7.10. The maximum atomic E-state index is 12.2. The van der Waals surface area contributed by atoms with Gasteiger partial charge in [0.25, 0.3) is 0 Å². The van der Waals surface area contributed by atoms with Gasteiger partial charge in [-0.25, -0.2) is 0 Å². The van der Waals surface area contributed by atoms with Crippen molar-refractivity contribution in [1.82, 2.24) is 15.1 Å². The Balaban J connectivity index is 2.00. The Morgan fingerprint density at radius 2 is 2.29 bits per heavy atom. The summed E-state index contributed by atoms with van der Waals surface area (Å²) >= 11 is 1.47. The molecule has 114 valence electrons. The number of aliphatic hydroxyl groups is 1. The van der Waals surface area contributed by atoms with Gasteiger partial charge in [-0.1, -0.05) is 6.07 Å². The smallest absolute Gasteiger partial charge is 0.244 e. The number of hydrogen-bond acceptors (Lipinski definition) is 4. The molecule has 2 unspecified atom stereocenters. The second-order valence-corrected chi connectivity index (χ2v) is 6.46. The molecule has 0 aromatic carbocycles. The van der Waals surface area contributed by atoms with Gasteiger partial charge in [0, 0.05) is 10.6 Å². The van der Waals surface area contributed by atoms with Crippen LogP contribution >= 0.6 is 11.3 Å². The average molecular weight is 307 g/mol. The monoisotopic (exact) mass is 307 g/mol. The topological polar surface area (TPSA) is 67.2 Å². The number of aromatic nitrogens is 2.